The number of sulfonamides is 1. The van der Waals surface area contributed by atoms with Crippen molar-refractivity contribution in [3.8, 4) is 0 Å². The maximum Gasteiger partial charge on any atom is 0.211 e. The number of piperidine rings is 1. The molecular formula is C15H19N5O2S. The number of nitrogens with one attached hydrogen (secondary N) is 1. The number of hydrogen-bond acceptors (Lipinski definition) is 6. The highest BCUT2D eigenvalue weighted by Gasteiger charge is 2.26. The van der Waals surface area contributed by atoms with E-state index in [1.807, 2.05) is 18.2 Å². The molecule has 23 heavy (non-hydrogen) atoms. The molecule has 0 aromatic carbocycles. The second kappa shape index (κ2) is 6.59. The van der Waals surface area contributed by atoms with Crippen molar-refractivity contribution in [2.45, 2.75) is 18.8 Å². The Morgan fingerprint density at radius 3 is 2.61 bits per heavy atom. The molecule has 0 aliphatic carbocycles. The third-order valence-corrected chi connectivity index (χ3v) is 5.23. The molecule has 2 aromatic heterocycles. The zero-order valence-corrected chi connectivity index (χ0v) is 13.7. The Bertz CT molecular complexity index is 758. The number of anilines is 2. The lowest BCUT2D eigenvalue weighted by Crippen LogP contribution is -2.37. The molecule has 0 amide bonds. The van der Waals surface area contributed by atoms with E-state index < -0.39 is 10.0 Å². The number of aromatic nitrogens is 3. The molecule has 2 aromatic rings. The predicted molar refractivity (Wildman–Crippen MR) is 87.9 cm³/mol. The Morgan fingerprint density at radius 2 is 1.96 bits per heavy atom. The van der Waals surface area contributed by atoms with Crippen LogP contribution in [0, 0.1) is 0 Å². The summed E-state index contributed by atoms with van der Waals surface area (Å²) in [4.78, 5) is 12.8. The number of hydrogen-bond donors (Lipinski definition) is 1. The summed E-state index contributed by atoms with van der Waals surface area (Å²) in [6.07, 6.45) is 7.71. The maximum atomic E-state index is 11.6. The van der Waals surface area contributed by atoms with Crippen molar-refractivity contribution < 1.29 is 8.42 Å². The van der Waals surface area contributed by atoms with Gasteiger partial charge in [0.15, 0.2) is 0 Å². The van der Waals surface area contributed by atoms with Gasteiger partial charge in [-0.25, -0.2) is 22.7 Å². The van der Waals surface area contributed by atoms with Crippen molar-refractivity contribution in [1.82, 2.24) is 19.3 Å². The van der Waals surface area contributed by atoms with Crippen molar-refractivity contribution in [2.24, 2.45) is 0 Å². The van der Waals surface area contributed by atoms with E-state index >= 15 is 0 Å². The van der Waals surface area contributed by atoms with Gasteiger partial charge in [-0.05, 0) is 25.0 Å². The lowest BCUT2D eigenvalue weighted by Gasteiger charge is -2.30. The van der Waals surface area contributed by atoms with Gasteiger partial charge >= 0.3 is 0 Å². The fraction of sp³-hybridized carbons (Fsp3) is 0.400. The standard InChI is InChI=1S/C15H19N5O2S/c1-23(21,22)20-9-5-12(6-10-20)13-3-2-4-14(18-13)19-15-11-16-7-8-17-15/h2-4,7-8,11-12H,5-6,9-10H2,1H3,(H,17,18,19). The van der Waals surface area contributed by atoms with Crippen molar-refractivity contribution in [3.05, 3.63) is 42.5 Å². The molecule has 1 aliphatic heterocycles. The smallest absolute Gasteiger partial charge is 0.211 e. The normalized spacial score (nSPS) is 17.1. The van der Waals surface area contributed by atoms with E-state index in [1.165, 1.54) is 10.6 Å². The number of rotatable bonds is 4. The first-order valence-corrected chi connectivity index (χ1v) is 9.32. The van der Waals surface area contributed by atoms with E-state index in [1.54, 1.807) is 18.6 Å². The van der Waals surface area contributed by atoms with Gasteiger partial charge in [0.2, 0.25) is 10.0 Å². The minimum atomic E-state index is -3.09. The summed E-state index contributed by atoms with van der Waals surface area (Å²) in [5, 5.41) is 3.13. The quantitative estimate of drug-likeness (QED) is 0.917. The van der Waals surface area contributed by atoms with E-state index in [4.69, 9.17) is 0 Å². The van der Waals surface area contributed by atoms with E-state index in [0.717, 1.165) is 18.5 Å². The molecule has 1 N–H and O–H groups in total. The highest BCUT2D eigenvalue weighted by atomic mass is 32.2. The van der Waals surface area contributed by atoms with Crippen LogP contribution in [0.5, 0.6) is 0 Å². The summed E-state index contributed by atoms with van der Waals surface area (Å²) in [5.74, 6) is 1.63. The fourth-order valence-electron chi connectivity index (χ4n) is 2.73. The Balaban J connectivity index is 1.69. The van der Waals surface area contributed by atoms with Crippen LogP contribution >= 0.6 is 0 Å². The average Bonchev–Trinajstić information content (AvgIpc) is 2.55. The van der Waals surface area contributed by atoms with Crippen molar-refractivity contribution in [3.63, 3.8) is 0 Å². The summed E-state index contributed by atoms with van der Waals surface area (Å²) in [6.45, 7) is 1.10. The summed E-state index contributed by atoms with van der Waals surface area (Å²) in [6, 6.07) is 5.82. The molecule has 0 saturated carbocycles. The van der Waals surface area contributed by atoms with Gasteiger partial charge in [0.1, 0.15) is 11.6 Å². The molecule has 0 atom stereocenters. The maximum absolute atomic E-state index is 11.6. The van der Waals surface area contributed by atoms with Crippen LogP contribution in [0.4, 0.5) is 11.6 Å². The van der Waals surface area contributed by atoms with Gasteiger partial charge < -0.3 is 5.32 Å². The molecule has 1 fully saturated rings. The Labute approximate surface area is 135 Å². The molecule has 3 rings (SSSR count). The summed E-state index contributed by atoms with van der Waals surface area (Å²) < 4.78 is 24.7. The Morgan fingerprint density at radius 1 is 1.17 bits per heavy atom. The molecule has 0 radical (unpaired) electrons. The van der Waals surface area contributed by atoms with Crippen LogP contribution in [0.25, 0.3) is 0 Å². The van der Waals surface area contributed by atoms with Gasteiger partial charge in [0.25, 0.3) is 0 Å². The van der Waals surface area contributed by atoms with Crippen LogP contribution in [0.2, 0.25) is 0 Å². The first-order chi connectivity index (χ1) is 11.0. The van der Waals surface area contributed by atoms with Crippen LogP contribution < -0.4 is 5.32 Å². The molecule has 3 heterocycles. The molecule has 0 spiro atoms. The van der Waals surface area contributed by atoms with Crippen molar-refractivity contribution in [2.75, 3.05) is 24.7 Å². The van der Waals surface area contributed by atoms with E-state index in [0.29, 0.717) is 24.7 Å². The second-order valence-corrected chi connectivity index (χ2v) is 7.58. The van der Waals surface area contributed by atoms with E-state index in [2.05, 4.69) is 20.3 Å². The van der Waals surface area contributed by atoms with Gasteiger partial charge in [-0.3, -0.25) is 4.98 Å². The van der Waals surface area contributed by atoms with E-state index in [-0.39, 0.29) is 5.92 Å². The molecule has 122 valence electrons. The third-order valence-electron chi connectivity index (χ3n) is 3.93. The topological polar surface area (TPSA) is 88.1 Å². The van der Waals surface area contributed by atoms with Gasteiger partial charge in [0.05, 0.1) is 12.5 Å². The lowest BCUT2D eigenvalue weighted by atomic mass is 9.94. The monoisotopic (exact) mass is 333 g/mol. The van der Waals surface area contributed by atoms with Crippen LogP contribution in [0.15, 0.2) is 36.8 Å². The van der Waals surface area contributed by atoms with Crippen molar-refractivity contribution in [1.29, 1.82) is 0 Å². The molecule has 7 nitrogen and oxygen atoms in total. The minimum Gasteiger partial charge on any atom is -0.324 e. The summed E-state index contributed by atoms with van der Waals surface area (Å²) in [5.41, 5.74) is 0.979. The van der Waals surface area contributed by atoms with Crippen LogP contribution in [-0.4, -0.2) is 47.0 Å². The molecule has 8 heteroatoms. The number of pyridine rings is 1. The highest BCUT2D eigenvalue weighted by molar-refractivity contribution is 7.88. The number of nitrogens with zero attached hydrogens (tertiary/aromatic N) is 4. The van der Waals surface area contributed by atoms with E-state index in [9.17, 15) is 8.42 Å². The Kier molecular flexibility index (Phi) is 4.53. The second-order valence-electron chi connectivity index (χ2n) is 5.60. The first kappa shape index (κ1) is 15.8. The van der Waals surface area contributed by atoms with Crippen molar-refractivity contribution >= 4 is 21.7 Å². The van der Waals surface area contributed by atoms with Gasteiger partial charge in [-0.2, -0.15) is 0 Å². The molecular weight excluding hydrogens is 314 g/mol. The van der Waals surface area contributed by atoms with Crippen LogP contribution in [0.3, 0.4) is 0 Å². The van der Waals surface area contributed by atoms with Crippen LogP contribution in [0.1, 0.15) is 24.5 Å². The SMILES string of the molecule is CS(=O)(=O)N1CCC(c2cccc(Nc3cnccn3)n2)CC1. The molecule has 0 bridgehead atoms. The summed E-state index contributed by atoms with van der Waals surface area (Å²) in [7, 11) is -3.09. The first-order valence-electron chi connectivity index (χ1n) is 7.47. The van der Waals surface area contributed by atoms with Gasteiger partial charge in [0, 0.05) is 37.1 Å². The summed E-state index contributed by atoms with van der Waals surface area (Å²) >= 11 is 0. The van der Waals surface area contributed by atoms with Gasteiger partial charge in [-0.15, -0.1) is 0 Å². The minimum absolute atomic E-state index is 0.275. The third kappa shape index (κ3) is 4.02. The zero-order valence-electron chi connectivity index (χ0n) is 12.9. The highest BCUT2D eigenvalue weighted by Crippen LogP contribution is 2.28. The average molecular weight is 333 g/mol. The Hall–Kier alpha value is -2.06. The predicted octanol–water partition coefficient (Wildman–Crippen LogP) is 1.75. The largest absolute Gasteiger partial charge is 0.324 e. The zero-order chi connectivity index (χ0) is 16.3. The molecule has 1 saturated heterocycles. The molecule has 0 unspecified atom stereocenters. The fourth-order valence-corrected chi connectivity index (χ4v) is 3.60. The lowest BCUT2D eigenvalue weighted by molar-refractivity contribution is 0.319. The van der Waals surface area contributed by atoms with Gasteiger partial charge in [-0.1, -0.05) is 6.07 Å². The van der Waals surface area contributed by atoms with Crippen LogP contribution in [-0.2, 0) is 10.0 Å². The molecule has 1 aliphatic rings.